The Bertz CT molecular complexity index is 786. The second-order valence-corrected chi connectivity index (χ2v) is 6.55. The maximum Gasteiger partial charge on any atom is 0.191 e. The van der Waals surface area contributed by atoms with Crippen LogP contribution in [-0.4, -0.2) is 14.8 Å². The summed E-state index contributed by atoms with van der Waals surface area (Å²) < 4.78 is 16.0. The summed E-state index contributed by atoms with van der Waals surface area (Å²) in [5.41, 5.74) is 2.06. The van der Waals surface area contributed by atoms with Gasteiger partial charge in [-0.3, -0.25) is 0 Å². The second kappa shape index (κ2) is 6.62. The van der Waals surface area contributed by atoms with Crippen LogP contribution < -0.4 is 0 Å². The molecule has 0 fully saturated rings. The lowest BCUT2D eigenvalue weighted by Crippen LogP contribution is -1.95. The first-order valence-electron chi connectivity index (χ1n) is 6.66. The van der Waals surface area contributed by atoms with Crippen LogP contribution in [0.2, 0.25) is 0 Å². The van der Waals surface area contributed by atoms with E-state index >= 15 is 0 Å². The highest BCUT2D eigenvalue weighted by Gasteiger charge is 2.12. The first-order chi connectivity index (χ1) is 10.6. The summed E-state index contributed by atoms with van der Waals surface area (Å²) in [7, 11) is 1.92. The molecule has 3 nitrogen and oxygen atoms in total. The Hall–Kier alpha value is -1.66. The van der Waals surface area contributed by atoms with Gasteiger partial charge in [0.1, 0.15) is 5.82 Å². The van der Waals surface area contributed by atoms with E-state index in [1.165, 1.54) is 17.7 Å². The van der Waals surface area contributed by atoms with Crippen LogP contribution in [0.25, 0.3) is 11.4 Å². The minimum atomic E-state index is -0.255. The quantitative estimate of drug-likeness (QED) is 0.618. The number of rotatable bonds is 4. The lowest BCUT2D eigenvalue weighted by molar-refractivity contribution is 0.628. The third-order valence-electron chi connectivity index (χ3n) is 3.25. The van der Waals surface area contributed by atoms with Gasteiger partial charge >= 0.3 is 0 Å². The zero-order chi connectivity index (χ0) is 15.5. The maximum atomic E-state index is 13.0. The van der Waals surface area contributed by atoms with Crippen molar-refractivity contribution in [2.45, 2.75) is 10.9 Å². The highest BCUT2D eigenvalue weighted by molar-refractivity contribution is 9.10. The molecule has 1 aromatic heterocycles. The average molecular weight is 378 g/mol. The van der Waals surface area contributed by atoms with Crippen LogP contribution in [0.1, 0.15) is 5.56 Å². The van der Waals surface area contributed by atoms with Crippen molar-refractivity contribution in [2.24, 2.45) is 7.05 Å². The fourth-order valence-corrected chi connectivity index (χ4v) is 3.57. The molecule has 0 unspecified atom stereocenters. The predicted octanol–water partition coefficient (Wildman–Crippen LogP) is 4.68. The summed E-state index contributed by atoms with van der Waals surface area (Å²) in [5.74, 6) is 1.28. The molecule has 3 rings (SSSR count). The van der Waals surface area contributed by atoms with Gasteiger partial charge in [0.25, 0.3) is 0 Å². The van der Waals surface area contributed by atoms with Crippen molar-refractivity contribution < 1.29 is 4.39 Å². The third kappa shape index (κ3) is 3.23. The van der Waals surface area contributed by atoms with E-state index in [0.717, 1.165) is 26.8 Å². The van der Waals surface area contributed by atoms with Crippen LogP contribution in [0.3, 0.4) is 0 Å². The lowest BCUT2D eigenvalue weighted by atomic mass is 10.2. The highest BCUT2D eigenvalue weighted by Crippen LogP contribution is 2.27. The van der Waals surface area contributed by atoms with Crippen molar-refractivity contribution in [1.82, 2.24) is 14.8 Å². The van der Waals surface area contributed by atoms with Gasteiger partial charge < -0.3 is 4.57 Å². The molecular weight excluding hydrogens is 365 g/mol. The Balaban J connectivity index is 1.79. The van der Waals surface area contributed by atoms with Crippen molar-refractivity contribution >= 4 is 27.7 Å². The Labute approximate surface area is 140 Å². The van der Waals surface area contributed by atoms with E-state index in [9.17, 15) is 4.39 Å². The SMILES string of the molecule is Cn1c(SCc2ccccc2Br)nnc1-c1ccc(F)cc1. The molecular formula is C16H13BrFN3S. The van der Waals surface area contributed by atoms with E-state index in [-0.39, 0.29) is 5.82 Å². The van der Waals surface area contributed by atoms with E-state index in [2.05, 4.69) is 32.2 Å². The molecule has 0 atom stereocenters. The molecule has 2 aromatic carbocycles. The standard InChI is InChI=1S/C16H13BrFN3S/c1-21-15(11-6-8-13(18)9-7-11)19-20-16(21)22-10-12-4-2-3-5-14(12)17/h2-9H,10H2,1H3. The number of hydrogen-bond acceptors (Lipinski definition) is 3. The predicted molar refractivity (Wildman–Crippen MR) is 90.1 cm³/mol. The fraction of sp³-hybridized carbons (Fsp3) is 0.125. The van der Waals surface area contributed by atoms with E-state index < -0.39 is 0 Å². The molecule has 6 heteroatoms. The van der Waals surface area contributed by atoms with Crippen molar-refractivity contribution in [3.05, 3.63) is 64.4 Å². The molecule has 0 saturated carbocycles. The Morgan fingerprint density at radius 3 is 2.55 bits per heavy atom. The molecule has 112 valence electrons. The molecule has 0 N–H and O–H groups in total. The van der Waals surface area contributed by atoms with Gasteiger partial charge in [0.05, 0.1) is 0 Å². The van der Waals surface area contributed by atoms with Gasteiger partial charge in [-0.1, -0.05) is 45.9 Å². The van der Waals surface area contributed by atoms with E-state index in [0.29, 0.717) is 0 Å². The highest BCUT2D eigenvalue weighted by atomic mass is 79.9. The van der Waals surface area contributed by atoms with Crippen LogP contribution in [-0.2, 0) is 12.8 Å². The fourth-order valence-electron chi connectivity index (χ4n) is 2.05. The largest absolute Gasteiger partial charge is 0.305 e. The van der Waals surface area contributed by atoms with Gasteiger partial charge in [0.2, 0.25) is 0 Å². The van der Waals surface area contributed by atoms with Gasteiger partial charge in [0, 0.05) is 22.8 Å². The molecule has 0 aliphatic heterocycles. The maximum absolute atomic E-state index is 13.0. The molecule has 0 bridgehead atoms. The molecule has 0 aliphatic rings. The topological polar surface area (TPSA) is 30.7 Å². The zero-order valence-corrected chi connectivity index (χ0v) is 14.2. The van der Waals surface area contributed by atoms with Crippen LogP contribution in [0.15, 0.2) is 58.2 Å². The summed E-state index contributed by atoms with van der Waals surface area (Å²) in [6.07, 6.45) is 0. The van der Waals surface area contributed by atoms with Crippen molar-refractivity contribution in [2.75, 3.05) is 0 Å². The summed E-state index contributed by atoms with van der Waals surface area (Å²) in [6, 6.07) is 14.4. The van der Waals surface area contributed by atoms with E-state index in [1.807, 2.05) is 29.8 Å². The smallest absolute Gasteiger partial charge is 0.191 e. The molecule has 0 radical (unpaired) electrons. The van der Waals surface area contributed by atoms with Gasteiger partial charge in [-0.05, 0) is 35.9 Å². The number of benzene rings is 2. The van der Waals surface area contributed by atoms with E-state index in [1.54, 1.807) is 23.9 Å². The summed E-state index contributed by atoms with van der Waals surface area (Å²) >= 11 is 5.16. The molecule has 22 heavy (non-hydrogen) atoms. The molecule has 0 aliphatic carbocycles. The number of hydrogen-bond donors (Lipinski definition) is 0. The van der Waals surface area contributed by atoms with Gasteiger partial charge in [-0.15, -0.1) is 10.2 Å². The molecule has 0 spiro atoms. The first kappa shape index (κ1) is 15.2. The number of halogens is 2. The van der Waals surface area contributed by atoms with E-state index in [4.69, 9.17) is 0 Å². The second-order valence-electron chi connectivity index (χ2n) is 4.75. The average Bonchev–Trinajstić information content (AvgIpc) is 2.88. The normalized spacial score (nSPS) is 10.9. The Morgan fingerprint density at radius 1 is 1.09 bits per heavy atom. The third-order valence-corrected chi connectivity index (χ3v) is 5.09. The minimum absolute atomic E-state index is 0.255. The Kier molecular flexibility index (Phi) is 4.59. The van der Waals surface area contributed by atoms with Gasteiger partial charge in [0.15, 0.2) is 11.0 Å². The van der Waals surface area contributed by atoms with Crippen LogP contribution in [0.4, 0.5) is 4.39 Å². The molecule has 0 amide bonds. The molecule has 3 aromatic rings. The van der Waals surface area contributed by atoms with Gasteiger partial charge in [-0.2, -0.15) is 0 Å². The van der Waals surface area contributed by atoms with Crippen molar-refractivity contribution in [1.29, 1.82) is 0 Å². The van der Waals surface area contributed by atoms with Crippen LogP contribution >= 0.6 is 27.7 Å². The summed E-state index contributed by atoms with van der Waals surface area (Å²) in [6.45, 7) is 0. The number of nitrogens with zero attached hydrogens (tertiary/aromatic N) is 3. The summed E-state index contributed by atoms with van der Waals surface area (Å²) in [5, 5.41) is 9.26. The Morgan fingerprint density at radius 2 is 1.82 bits per heavy atom. The van der Waals surface area contributed by atoms with Gasteiger partial charge in [-0.25, -0.2) is 4.39 Å². The van der Waals surface area contributed by atoms with Crippen LogP contribution in [0.5, 0.6) is 0 Å². The summed E-state index contributed by atoms with van der Waals surface area (Å²) in [4.78, 5) is 0. The molecule has 1 heterocycles. The number of thioether (sulfide) groups is 1. The zero-order valence-electron chi connectivity index (χ0n) is 11.8. The van der Waals surface area contributed by atoms with Crippen molar-refractivity contribution in [3.8, 4) is 11.4 Å². The number of aromatic nitrogens is 3. The molecule has 0 saturated heterocycles. The first-order valence-corrected chi connectivity index (χ1v) is 8.44. The van der Waals surface area contributed by atoms with Crippen molar-refractivity contribution in [3.63, 3.8) is 0 Å². The minimum Gasteiger partial charge on any atom is -0.305 e. The van der Waals surface area contributed by atoms with Crippen LogP contribution in [0, 0.1) is 5.82 Å². The monoisotopic (exact) mass is 377 g/mol. The lowest BCUT2D eigenvalue weighted by Gasteiger charge is -2.05.